The van der Waals surface area contributed by atoms with Gasteiger partial charge >= 0.3 is 6.18 Å². The molecule has 0 aliphatic rings. The summed E-state index contributed by atoms with van der Waals surface area (Å²) in [5.41, 5.74) is -1.15. The highest BCUT2D eigenvalue weighted by molar-refractivity contribution is 7.99. The lowest BCUT2D eigenvalue weighted by atomic mass is 10.2. The zero-order chi connectivity index (χ0) is 22.9. The van der Waals surface area contributed by atoms with Gasteiger partial charge in [-0.3, -0.25) is 19.6 Å². The third kappa shape index (κ3) is 5.17. The summed E-state index contributed by atoms with van der Waals surface area (Å²) >= 11 is 6.96. The molecule has 0 atom stereocenters. The van der Waals surface area contributed by atoms with Crippen LogP contribution in [0.15, 0.2) is 52.3 Å². The second-order valence-corrected chi connectivity index (χ2v) is 8.00. The van der Waals surface area contributed by atoms with Crippen molar-refractivity contribution in [2.75, 3.05) is 5.32 Å². The summed E-state index contributed by atoms with van der Waals surface area (Å²) in [4.78, 5) is 24.4. The van der Waals surface area contributed by atoms with Gasteiger partial charge in [-0.05, 0) is 25.1 Å². The Bertz CT molecular complexity index is 1160. The van der Waals surface area contributed by atoms with Crippen LogP contribution in [-0.4, -0.2) is 20.6 Å². The summed E-state index contributed by atoms with van der Waals surface area (Å²) < 4.78 is 39.7. The molecule has 162 valence electrons. The average Bonchev–Trinajstić information content (AvgIpc) is 2.98. The topological polar surface area (TPSA) is 90.1 Å². The molecule has 12 heteroatoms. The molecule has 0 spiro atoms. The number of rotatable bonds is 5. The third-order valence-corrected chi connectivity index (χ3v) is 5.43. The Kier molecular flexibility index (Phi) is 6.27. The summed E-state index contributed by atoms with van der Waals surface area (Å²) in [7, 11) is 1.01. The first kappa shape index (κ1) is 22.6. The van der Waals surface area contributed by atoms with Crippen LogP contribution in [-0.2, 0) is 13.2 Å². The van der Waals surface area contributed by atoms with Gasteiger partial charge in [0, 0.05) is 34.7 Å². The van der Waals surface area contributed by atoms with E-state index in [-0.39, 0.29) is 11.4 Å². The normalized spacial score (nSPS) is 11.4. The zero-order valence-corrected chi connectivity index (χ0v) is 17.6. The standard InChI is InChI=1S/C19H14ClF3N4O3S/c1-10-3-5-13(6-4-10)31-14-8-11(7-12(9-14)27(29)30)24-18(28)16-15(20)17(19(21,22)23)26(2)25-16/h3-9H,1-2H3,(H,24,28). The minimum Gasteiger partial charge on any atom is -0.320 e. The second kappa shape index (κ2) is 8.60. The Balaban J connectivity index is 1.92. The number of aryl methyl sites for hydroxylation is 2. The van der Waals surface area contributed by atoms with E-state index in [0.717, 1.165) is 23.6 Å². The van der Waals surface area contributed by atoms with Crippen molar-refractivity contribution in [2.24, 2.45) is 7.05 Å². The molecule has 0 saturated heterocycles. The lowest BCUT2D eigenvalue weighted by molar-refractivity contribution is -0.385. The molecule has 0 radical (unpaired) electrons. The van der Waals surface area contributed by atoms with Gasteiger partial charge in [0.25, 0.3) is 11.6 Å². The summed E-state index contributed by atoms with van der Waals surface area (Å²) in [6, 6.07) is 11.3. The quantitative estimate of drug-likeness (QED) is 0.381. The Labute approximate surface area is 183 Å². The van der Waals surface area contributed by atoms with Gasteiger partial charge in [0.05, 0.1) is 4.92 Å². The Morgan fingerprint density at radius 2 is 1.84 bits per heavy atom. The van der Waals surface area contributed by atoms with Crippen LogP contribution in [0.2, 0.25) is 5.02 Å². The highest BCUT2D eigenvalue weighted by atomic mass is 35.5. The number of nitrogens with zero attached hydrogens (tertiary/aromatic N) is 3. The van der Waals surface area contributed by atoms with E-state index in [4.69, 9.17) is 11.6 Å². The monoisotopic (exact) mass is 470 g/mol. The van der Waals surface area contributed by atoms with Crippen molar-refractivity contribution in [3.63, 3.8) is 0 Å². The van der Waals surface area contributed by atoms with Crippen LogP contribution < -0.4 is 5.32 Å². The minimum absolute atomic E-state index is 0.0177. The fraction of sp³-hybridized carbons (Fsp3) is 0.158. The number of hydrogen-bond acceptors (Lipinski definition) is 5. The number of carbonyl (C=O) groups excluding carboxylic acids is 1. The molecule has 0 bridgehead atoms. The van der Waals surface area contributed by atoms with Gasteiger partial charge in [-0.2, -0.15) is 18.3 Å². The Morgan fingerprint density at radius 1 is 1.19 bits per heavy atom. The van der Waals surface area contributed by atoms with Crippen LogP contribution in [0.5, 0.6) is 0 Å². The number of non-ortho nitro benzene ring substituents is 1. The molecule has 0 aliphatic heterocycles. The van der Waals surface area contributed by atoms with Gasteiger partial charge < -0.3 is 5.32 Å². The van der Waals surface area contributed by atoms with Crippen LogP contribution in [0.4, 0.5) is 24.5 Å². The van der Waals surface area contributed by atoms with E-state index < -0.39 is 33.4 Å². The van der Waals surface area contributed by atoms with Crippen LogP contribution in [0.1, 0.15) is 21.7 Å². The molecule has 1 N–H and O–H groups in total. The number of nitrogens with one attached hydrogen (secondary N) is 1. The van der Waals surface area contributed by atoms with Crippen molar-refractivity contribution in [1.82, 2.24) is 9.78 Å². The zero-order valence-electron chi connectivity index (χ0n) is 16.0. The number of alkyl halides is 3. The van der Waals surface area contributed by atoms with E-state index in [1.807, 2.05) is 31.2 Å². The SMILES string of the molecule is Cc1ccc(Sc2cc(NC(=O)c3nn(C)c(C(F)(F)F)c3Cl)cc([N+](=O)[O-])c2)cc1. The maximum Gasteiger partial charge on any atom is 0.434 e. The van der Waals surface area contributed by atoms with E-state index in [9.17, 15) is 28.1 Å². The highest BCUT2D eigenvalue weighted by Crippen LogP contribution is 2.37. The molecule has 7 nitrogen and oxygen atoms in total. The van der Waals surface area contributed by atoms with Gasteiger partial charge in [0.2, 0.25) is 0 Å². The lowest BCUT2D eigenvalue weighted by Gasteiger charge is -2.08. The fourth-order valence-electron chi connectivity index (χ4n) is 2.70. The van der Waals surface area contributed by atoms with Crippen LogP contribution in [0.3, 0.4) is 0 Å². The predicted molar refractivity (Wildman–Crippen MR) is 110 cm³/mol. The smallest absolute Gasteiger partial charge is 0.320 e. The number of carbonyl (C=O) groups is 1. The van der Waals surface area contributed by atoms with Crippen molar-refractivity contribution in [2.45, 2.75) is 22.9 Å². The summed E-state index contributed by atoms with van der Waals surface area (Å²) in [6.45, 7) is 1.92. The number of amides is 1. The molecule has 2 aromatic carbocycles. The number of nitro benzene ring substituents is 1. The first-order valence-corrected chi connectivity index (χ1v) is 9.80. The second-order valence-electron chi connectivity index (χ2n) is 6.47. The van der Waals surface area contributed by atoms with E-state index in [0.29, 0.717) is 9.58 Å². The Hall–Kier alpha value is -3.05. The van der Waals surface area contributed by atoms with Gasteiger partial charge in [-0.25, -0.2) is 0 Å². The Morgan fingerprint density at radius 3 is 2.39 bits per heavy atom. The molecule has 0 aliphatic carbocycles. The molecule has 3 aromatic rings. The van der Waals surface area contributed by atoms with E-state index in [1.165, 1.54) is 23.9 Å². The summed E-state index contributed by atoms with van der Waals surface area (Å²) in [5, 5.41) is 16.3. The molecule has 1 amide bonds. The number of nitro groups is 1. The molecule has 0 unspecified atom stereocenters. The molecular weight excluding hydrogens is 457 g/mol. The van der Waals surface area contributed by atoms with Gasteiger partial charge in [0.15, 0.2) is 11.4 Å². The highest BCUT2D eigenvalue weighted by Gasteiger charge is 2.40. The van der Waals surface area contributed by atoms with Gasteiger partial charge in [-0.15, -0.1) is 0 Å². The van der Waals surface area contributed by atoms with Crippen LogP contribution in [0, 0.1) is 17.0 Å². The van der Waals surface area contributed by atoms with Crippen molar-refractivity contribution >= 4 is 40.6 Å². The number of hydrogen-bond donors (Lipinski definition) is 1. The molecular formula is C19H14ClF3N4O3S. The lowest BCUT2D eigenvalue weighted by Crippen LogP contribution is -2.13. The van der Waals surface area contributed by atoms with Crippen molar-refractivity contribution < 1.29 is 22.9 Å². The minimum atomic E-state index is -4.80. The van der Waals surface area contributed by atoms with E-state index in [2.05, 4.69) is 10.4 Å². The number of benzene rings is 2. The first-order valence-electron chi connectivity index (χ1n) is 8.60. The maximum atomic E-state index is 13.1. The molecule has 0 saturated carbocycles. The fourth-order valence-corrected chi connectivity index (χ4v) is 3.97. The van der Waals surface area contributed by atoms with Crippen molar-refractivity contribution in [3.05, 3.63) is 74.6 Å². The number of aromatic nitrogens is 2. The first-order chi connectivity index (χ1) is 14.5. The molecule has 3 rings (SSSR count). The van der Waals surface area contributed by atoms with E-state index >= 15 is 0 Å². The van der Waals surface area contributed by atoms with Gasteiger partial charge in [0.1, 0.15) is 5.02 Å². The predicted octanol–water partition coefficient (Wildman–Crippen LogP) is 5.71. The molecule has 31 heavy (non-hydrogen) atoms. The largest absolute Gasteiger partial charge is 0.434 e. The number of anilines is 1. The van der Waals surface area contributed by atoms with Crippen molar-refractivity contribution in [3.8, 4) is 0 Å². The maximum absolute atomic E-state index is 13.1. The van der Waals surface area contributed by atoms with E-state index in [1.54, 1.807) is 0 Å². The molecule has 1 aromatic heterocycles. The van der Waals surface area contributed by atoms with Crippen LogP contribution >= 0.6 is 23.4 Å². The molecule has 0 fully saturated rings. The summed E-state index contributed by atoms with van der Waals surface area (Å²) in [6.07, 6.45) is -4.80. The van der Waals surface area contributed by atoms with Gasteiger partial charge in [-0.1, -0.05) is 41.1 Å². The summed E-state index contributed by atoms with van der Waals surface area (Å²) in [5.74, 6) is -1.03. The number of halogens is 4. The third-order valence-electron chi connectivity index (χ3n) is 4.09. The molecule has 1 heterocycles. The average molecular weight is 471 g/mol. The van der Waals surface area contributed by atoms with Crippen LogP contribution in [0.25, 0.3) is 0 Å². The van der Waals surface area contributed by atoms with Crippen molar-refractivity contribution in [1.29, 1.82) is 0 Å².